The van der Waals surface area contributed by atoms with E-state index in [2.05, 4.69) is 5.32 Å². The Morgan fingerprint density at radius 1 is 1.11 bits per heavy atom. The summed E-state index contributed by atoms with van der Waals surface area (Å²) >= 11 is 1.45. The number of primary amides is 1. The number of Topliss-reactive ketones (excluding diaryl/α,β-unsaturated/α-hetero) is 2. The largest absolute Gasteiger partial charge is 0.449 e. The number of piperazine rings is 1. The summed E-state index contributed by atoms with van der Waals surface area (Å²) in [4.78, 5) is 84.1. The minimum atomic E-state index is -1.42. The van der Waals surface area contributed by atoms with Gasteiger partial charge >= 0.3 is 6.09 Å². The molecule has 0 saturated carbocycles. The van der Waals surface area contributed by atoms with Crippen molar-refractivity contribution in [3.8, 4) is 0 Å². The zero-order valence-electron chi connectivity index (χ0n) is 25.6. The van der Waals surface area contributed by atoms with E-state index in [1.165, 1.54) is 25.8 Å². The van der Waals surface area contributed by atoms with Gasteiger partial charge in [0.2, 0.25) is 29.3 Å². The number of ether oxygens (including phenoxy) is 2. The van der Waals surface area contributed by atoms with Gasteiger partial charge in [-0.2, -0.15) is 0 Å². The van der Waals surface area contributed by atoms with Crippen molar-refractivity contribution in [3.63, 3.8) is 0 Å². The molecular weight excluding hydrogens is 616 g/mol. The Hall–Kier alpha value is -4.37. The maximum absolute atomic E-state index is 14.4. The maximum Gasteiger partial charge on any atom is 0.404 e. The van der Waals surface area contributed by atoms with Crippen LogP contribution in [0.4, 0.5) is 4.79 Å². The van der Waals surface area contributed by atoms with Crippen molar-refractivity contribution in [2.24, 2.45) is 17.4 Å². The number of methoxy groups -OCH3 is 1. The molecule has 5 N–H and O–H groups in total. The minimum absolute atomic E-state index is 0.0674. The molecule has 0 spiro atoms. The highest BCUT2D eigenvalue weighted by Gasteiger charge is 2.79. The Morgan fingerprint density at radius 2 is 1.80 bits per heavy atom. The average Bonchev–Trinajstić information content (AvgIpc) is 3.40. The quantitative estimate of drug-likeness (QED) is 0.193. The molecule has 0 bridgehead atoms. The highest BCUT2D eigenvalue weighted by molar-refractivity contribution is 8.01. The van der Waals surface area contributed by atoms with E-state index >= 15 is 0 Å². The molecule has 0 aromatic heterocycles. The Labute approximate surface area is 268 Å². The minimum Gasteiger partial charge on any atom is -0.449 e. The van der Waals surface area contributed by atoms with Crippen LogP contribution in [0.15, 0.2) is 52.9 Å². The molecule has 1 aromatic rings. The second-order valence-electron chi connectivity index (χ2n) is 12.9. The predicted octanol–water partition coefficient (Wildman–Crippen LogP) is -0.622. The van der Waals surface area contributed by atoms with Gasteiger partial charge in [-0.3, -0.25) is 24.0 Å². The molecule has 6 aliphatic rings. The first-order valence-corrected chi connectivity index (χ1v) is 15.8. The van der Waals surface area contributed by atoms with Crippen molar-refractivity contribution < 1.29 is 38.2 Å². The van der Waals surface area contributed by atoms with Gasteiger partial charge in [0.05, 0.1) is 29.8 Å². The van der Waals surface area contributed by atoms with Gasteiger partial charge in [-0.15, -0.1) is 11.8 Å². The van der Waals surface area contributed by atoms with Crippen LogP contribution in [0.2, 0.25) is 0 Å². The summed E-state index contributed by atoms with van der Waals surface area (Å²) in [5, 5.41) is 2.43. The van der Waals surface area contributed by atoms with Crippen molar-refractivity contribution in [1.82, 2.24) is 20.0 Å². The molecule has 46 heavy (non-hydrogen) atoms. The van der Waals surface area contributed by atoms with Crippen LogP contribution in [0.5, 0.6) is 0 Å². The van der Waals surface area contributed by atoms with Gasteiger partial charge in [-0.05, 0) is 26.3 Å². The SMILES string of the molecule is CO[C@@]12[C@H](COC(N)=O)C3=C(C(=O)C(C)=C(N)C3=O)N1C[C@H]1[C@@H]2N1C(=O)[C@H]1N2C(=O)[C@H](NC(=O)Cc3ccccc3)[C@@H]2SC1(C)C. The Kier molecular flexibility index (Phi) is 6.63. The molecule has 1 aliphatic carbocycles. The van der Waals surface area contributed by atoms with Crippen LogP contribution in [0.1, 0.15) is 26.3 Å². The number of carbonyl (C=O) groups excluding carboxylic acids is 6. The number of thioether (sulfide) groups is 1. The number of nitrogens with zero attached hydrogens (tertiary/aromatic N) is 3. The molecule has 0 radical (unpaired) electrons. The van der Waals surface area contributed by atoms with E-state index in [1.54, 1.807) is 14.7 Å². The summed E-state index contributed by atoms with van der Waals surface area (Å²) in [7, 11) is 1.41. The molecule has 4 amide bonds. The molecule has 4 saturated heterocycles. The van der Waals surface area contributed by atoms with E-state index in [1.807, 2.05) is 44.2 Å². The summed E-state index contributed by atoms with van der Waals surface area (Å²) in [6, 6.07) is 6.59. The van der Waals surface area contributed by atoms with E-state index < -0.39 is 63.6 Å². The summed E-state index contributed by atoms with van der Waals surface area (Å²) in [5.41, 5.74) is 10.8. The highest BCUT2D eigenvalue weighted by atomic mass is 32.2. The number of nitrogens with one attached hydrogen (secondary N) is 1. The number of allylic oxidation sites excluding steroid dienone is 2. The lowest BCUT2D eigenvalue weighted by atomic mass is 9.82. The number of β-lactam (4-membered cyclic amide) rings is 1. The maximum atomic E-state index is 14.4. The van der Waals surface area contributed by atoms with Crippen LogP contribution in [0, 0.1) is 5.92 Å². The zero-order chi connectivity index (χ0) is 33.0. The number of rotatable bonds is 7. The van der Waals surface area contributed by atoms with E-state index in [0.717, 1.165) is 5.56 Å². The van der Waals surface area contributed by atoms with Gasteiger partial charge in [-0.25, -0.2) is 4.79 Å². The second-order valence-corrected chi connectivity index (χ2v) is 14.7. The molecule has 0 unspecified atom stereocenters. The first-order valence-electron chi connectivity index (χ1n) is 15.0. The molecule has 242 valence electrons. The fourth-order valence-electron chi connectivity index (χ4n) is 8.07. The molecule has 5 aliphatic heterocycles. The number of amides is 4. The molecular formula is C31H34N6O8S. The lowest BCUT2D eigenvalue weighted by molar-refractivity contribution is -0.163. The van der Waals surface area contributed by atoms with Crippen LogP contribution in [-0.2, 0) is 39.9 Å². The zero-order valence-corrected chi connectivity index (χ0v) is 26.5. The van der Waals surface area contributed by atoms with Crippen LogP contribution in [-0.4, -0.2) is 110 Å². The molecule has 7 rings (SSSR count). The van der Waals surface area contributed by atoms with Crippen LogP contribution < -0.4 is 16.8 Å². The number of fused-ring (bicyclic) bond motifs is 5. The van der Waals surface area contributed by atoms with Crippen molar-refractivity contribution in [1.29, 1.82) is 0 Å². The number of hydrogen-bond donors (Lipinski definition) is 3. The first kappa shape index (κ1) is 30.3. The van der Waals surface area contributed by atoms with E-state index in [-0.39, 0.29) is 59.8 Å². The van der Waals surface area contributed by atoms with Gasteiger partial charge in [0.1, 0.15) is 30.1 Å². The number of ketones is 2. The third kappa shape index (κ3) is 3.93. The number of nitrogens with two attached hydrogens (primary N) is 2. The molecule has 7 atom stereocenters. The third-order valence-corrected chi connectivity index (χ3v) is 11.7. The van der Waals surface area contributed by atoms with E-state index in [4.69, 9.17) is 20.9 Å². The molecule has 1 aromatic carbocycles. The lowest BCUT2D eigenvalue weighted by Gasteiger charge is -2.45. The summed E-state index contributed by atoms with van der Waals surface area (Å²) < 4.78 is 10.6. The van der Waals surface area contributed by atoms with Gasteiger partial charge in [-0.1, -0.05) is 30.3 Å². The first-order chi connectivity index (χ1) is 21.8. The lowest BCUT2D eigenvalue weighted by Crippen LogP contribution is -2.71. The normalized spacial score (nSPS) is 33.4. The number of carbonyl (C=O) groups is 6. The molecule has 4 fully saturated rings. The summed E-state index contributed by atoms with van der Waals surface area (Å²) in [6.07, 6.45) is -0.943. The van der Waals surface area contributed by atoms with Crippen LogP contribution in [0.3, 0.4) is 0 Å². The van der Waals surface area contributed by atoms with E-state index in [9.17, 15) is 28.8 Å². The Balaban J connectivity index is 1.13. The van der Waals surface area contributed by atoms with Crippen LogP contribution in [0.25, 0.3) is 0 Å². The van der Waals surface area contributed by atoms with Gasteiger partial charge in [0.15, 0.2) is 5.72 Å². The van der Waals surface area contributed by atoms with Gasteiger partial charge < -0.3 is 41.0 Å². The summed E-state index contributed by atoms with van der Waals surface area (Å²) in [6.45, 7) is 5.06. The van der Waals surface area contributed by atoms with Gasteiger partial charge in [0.25, 0.3) is 0 Å². The predicted molar refractivity (Wildman–Crippen MR) is 162 cm³/mol. The highest BCUT2D eigenvalue weighted by Crippen LogP contribution is 2.61. The molecule has 5 heterocycles. The fraction of sp³-hybridized carbons (Fsp3) is 0.484. The van der Waals surface area contributed by atoms with E-state index in [0.29, 0.717) is 0 Å². The smallest absolute Gasteiger partial charge is 0.404 e. The van der Waals surface area contributed by atoms with Crippen molar-refractivity contribution in [2.75, 3.05) is 20.3 Å². The van der Waals surface area contributed by atoms with Crippen molar-refractivity contribution in [2.45, 2.75) is 67.2 Å². The standard InChI is InChI=1S/C31H34N6O8S/c1-13-19(32)23(40)18-15(12-45-29(33)43)31(44-4)24-16(11-35(31)21(18)22(13)39)36(24)27(42)25-30(2,3)46-28-20(26(41)37(25)28)34-17(38)10-14-8-6-5-7-9-14/h5-9,15-16,20,24-25,28H,10-12,32H2,1-4H3,(H2,33,43)(H,34,38)/t15-,16+,20+,24+,25-,28+,31-,36?/m1/s1. The number of hydrogen-bond acceptors (Lipinski definition) is 11. The fourth-order valence-corrected chi connectivity index (χ4v) is 9.70. The Morgan fingerprint density at radius 3 is 2.46 bits per heavy atom. The summed E-state index contributed by atoms with van der Waals surface area (Å²) in [5.74, 6) is -2.89. The third-order valence-electron chi connectivity index (χ3n) is 10.1. The average molecular weight is 651 g/mol. The van der Waals surface area contributed by atoms with Crippen molar-refractivity contribution >= 4 is 47.1 Å². The second kappa shape index (κ2) is 10.1. The van der Waals surface area contributed by atoms with Crippen LogP contribution >= 0.6 is 11.8 Å². The topological polar surface area (TPSA) is 194 Å². The Bertz CT molecular complexity index is 1690. The monoisotopic (exact) mass is 650 g/mol. The number of benzene rings is 1. The van der Waals surface area contributed by atoms with Gasteiger partial charge in [0, 0.05) is 29.5 Å². The molecule has 14 nitrogen and oxygen atoms in total. The van der Waals surface area contributed by atoms with Crippen molar-refractivity contribution in [3.05, 3.63) is 58.4 Å². The molecule has 15 heteroatoms.